The van der Waals surface area contributed by atoms with Crippen LogP contribution in [0.4, 0.5) is 5.82 Å². The molecule has 5 heterocycles. The monoisotopic (exact) mass is 522 g/mol. The smallest absolute Gasteiger partial charge is 0.272 e. The number of nitrogens with two attached hydrogens (primary N) is 2. The van der Waals surface area contributed by atoms with Crippen LogP contribution in [-0.2, 0) is 13.5 Å². The maximum absolute atomic E-state index is 13.1. The summed E-state index contributed by atoms with van der Waals surface area (Å²) in [6, 6.07) is 9.38. The van der Waals surface area contributed by atoms with Crippen molar-refractivity contribution in [3.63, 3.8) is 0 Å². The van der Waals surface area contributed by atoms with Crippen LogP contribution in [0.1, 0.15) is 34.4 Å². The number of hydrogen-bond donors (Lipinski definition) is 2. The zero-order valence-corrected chi connectivity index (χ0v) is 20.9. The van der Waals surface area contributed by atoms with Crippen molar-refractivity contribution in [1.82, 2.24) is 38.9 Å². The van der Waals surface area contributed by atoms with Crippen molar-refractivity contribution >= 4 is 28.5 Å². The van der Waals surface area contributed by atoms with Crippen molar-refractivity contribution in [3.05, 3.63) is 94.4 Å². The number of hydrogen-bond acceptors (Lipinski definition) is 9. The molecule has 6 aromatic rings. The number of nitrogen functional groups attached to an aromatic ring is 1. The van der Waals surface area contributed by atoms with Gasteiger partial charge in [0, 0.05) is 32.1 Å². The number of imidazole rings is 1. The minimum atomic E-state index is -0.623. The molecule has 5 aromatic heterocycles. The number of primary amides is 1. The topological polar surface area (TPSA) is 178 Å². The first-order valence-corrected chi connectivity index (χ1v) is 11.7. The molecule has 0 atom stereocenters. The second-order valence-corrected chi connectivity index (χ2v) is 8.25. The molecule has 0 aliphatic heterocycles. The molecule has 1 amide bonds. The first-order valence-electron chi connectivity index (χ1n) is 11.7. The molecule has 39 heavy (non-hydrogen) atoms. The summed E-state index contributed by atoms with van der Waals surface area (Å²) in [5.41, 5.74) is 12.9. The van der Waals surface area contributed by atoms with Gasteiger partial charge in [-0.25, -0.2) is 9.97 Å². The van der Waals surface area contributed by atoms with Crippen LogP contribution in [0.5, 0.6) is 0 Å². The number of fused-ring (bicyclic) bond motifs is 2. The quantitative estimate of drug-likeness (QED) is 0.326. The van der Waals surface area contributed by atoms with Gasteiger partial charge in [0.1, 0.15) is 28.9 Å². The molecule has 0 radical (unpaired) electrons. The maximum atomic E-state index is 13.1. The second-order valence-electron chi connectivity index (χ2n) is 8.25. The SMILES string of the molecule is CCc1nc2onc(C#Cc3cnn(C)c3)c2c(=O)n1-c1ccccc1.NC(=O)c1c(N)ncn2ccnc12. The Bertz CT molecular complexity index is 1940. The summed E-state index contributed by atoms with van der Waals surface area (Å²) in [6.45, 7) is 1.94. The van der Waals surface area contributed by atoms with Crippen LogP contribution in [0.3, 0.4) is 0 Å². The van der Waals surface area contributed by atoms with E-state index in [1.165, 1.54) is 6.33 Å². The van der Waals surface area contributed by atoms with Gasteiger partial charge >= 0.3 is 0 Å². The minimum absolute atomic E-state index is 0.103. The van der Waals surface area contributed by atoms with Gasteiger partial charge < -0.3 is 16.0 Å². The summed E-state index contributed by atoms with van der Waals surface area (Å²) in [7, 11) is 1.81. The minimum Gasteiger partial charge on any atom is -0.383 e. The molecule has 0 unspecified atom stereocenters. The first-order chi connectivity index (χ1) is 18.9. The third kappa shape index (κ3) is 4.81. The summed E-state index contributed by atoms with van der Waals surface area (Å²) in [4.78, 5) is 36.3. The third-order valence-electron chi connectivity index (χ3n) is 5.66. The highest BCUT2D eigenvalue weighted by molar-refractivity contribution is 6.02. The number of para-hydroxylation sites is 1. The van der Waals surface area contributed by atoms with E-state index >= 15 is 0 Å². The Morgan fingerprint density at radius 3 is 2.64 bits per heavy atom. The average Bonchev–Trinajstić information content (AvgIpc) is 3.67. The summed E-state index contributed by atoms with van der Waals surface area (Å²) in [5, 5.41) is 8.28. The number of carbonyl (C=O) groups excluding carboxylic acids is 1. The van der Waals surface area contributed by atoms with Gasteiger partial charge in [0.15, 0.2) is 11.3 Å². The number of anilines is 1. The number of nitrogens with zero attached hydrogens (tertiary/aromatic N) is 8. The van der Waals surface area contributed by atoms with Crippen LogP contribution in [0.15, 0.2) is 70.8 Å². The van der Waals surface area contributed by atoms with E-state index in [0.29, 0.717) is 17.9 Å². The molecule has 0 saturated heterocycles. The molecule has 0 aliphatic carbocycles. The third-order valence-corrected chi connectivity index (χ3v) is 5.66. The van der Waals surface area contributed by atoms with Crippen LogP contribution in [0.25, 0.3) is 22.4 Å². The molecule has 6 rings (SSSR count). The zero-order valence-electron chi connectivity index (χ0n) is 20.9. The highest BCUT2D eigenvalue weighted by Gasteiger charge is 2.18. The van der Waals surface area contributed by atoms with Crippen LogP contribution in [-0.4, -0.2) is 44.8 Å². The molecular formula is C26H22N10O3. The summed E-state index contributed by atoms with van der Waals surface area (Å²) in [5.74, 6) is 5.92. The number of amides is 1. The molecule has 0 saturated carbocycles. The Kier molecular flexibility index (Phi) is 6.58. The van der Waals surface area contributed by atoms with Gasteiger partial charge in [0.05, 0.1) is 17.4 Å². The fourth-order valence-electron chi connectivity index (χ4n) is 3.87. The summed E-state index contributed by atoms with van der Waals surface area (Å²) in [6.07, 6.45) is 8.69. The number of carbonyl (C=O) groups is 1. The number of aromatic nitrogens is 8. The lowest BCUT2D eigenvalue weighted by Crippen LogP contribution is -2.23. The van der Waals surface area contributed by atoms with Gasteiger partial charge in [0.2, 0.25) is 0 Å². The molecule has 1 aromatic carbocycles. The van der Waals surface area contributed by atoms with Crippen LogP contribution < -0.4 is 17.0 Å². The Morgan fingerprint density at radius 2 is 1.95 bits per heavy atom. The fourth-order valence-corrected chi connectivity index (χ4v) is 3.87. The molecule has 0 aliphatic rings. The molecule has 4 N–H and O–H groups in total. The summed E-state index contributed by atoms with van der Waals surface area (Å²) < 4.78 is 10.1. The van der Waals surface area contributed by atoms with Crippen molar-refractivity contribution in [1.29, 1.82) is 0 Å². The van der Waals surface area contributed by atoms with E-state index in [4.69, 9.17) is 16.0 Å². The van der Waals surface area contributed by atoms with Crippen molar-refractivity contribution in [2.45, 2.75) is 13.3 Å². The Morgan fingerprint density at radius 1 is 1.15 bits per heavy atom. The highest BCUT2D eigenvalue weighted by atomic mass is 16.5. The summed E-state index contributed by atoms with van der Waals surface area (Å²) >= 11 is 0. The van der Waals surface area contributed by atoms with E-state index in [9.17, 15) is 9.59 Å². The lowest BCUT2D eigenvalue weighted by atomic mass is 10.2. The van der Waals surface area contributed by atoms with Gasteiger partial charge in [-0.1, -0.05) is 36.2 Å². The van der Waals surface area contributed by atoms with Crippen LogP contribution >= 0.6 is 0 Å². The van der Waals surface area contributed by atoms with Gasteiger partial charge in [-0.2, -0.15) is 10.1 Å². The van der Waals surface area contributed by atoms with Gasteiger partial charge in [0.25, 0.3) is 17.2 Å². The largest absolute Gasteiger partial charge is 0.383 e. The van der Waals surface area contributed by atoms with E-state index in [1.54, 1.807) is 38.4 Å². The number of aryl methyl sites for hydroxylation is 2. The van der Waals surface area contributed by atoms with E-state index in [1.807, 2.05) is 44.3 Å². The fraction of sp³-hybridized carbons (Fsp3) is 0.115. The standard InChI is InChI=1S/C19H15N5O2.C7H7N5O/c1-3-16-21-18-17(19(25)24(16)14-7-5-4-6-8-14)15(22-26-18)10-9-13-11-20-23(2)12-13;8-5-4(6(9)13)7-10-1-2-12(7)3-11-5/h4-8,11-12H,3H2,1-2H3;1-3H,8H2,(H2,9,13). The molecular weight excluding hydrogens is 500 g/mol. The molecule has 13 heteroatoms. The highest BCUT2D eigenvalue weighted by Crippen LogP contribution is 2.16. The number of rotatable bonds is 3. The predicted molar refractivity (Wildman–Crippen MR) is 142 cm³/mol. The van der Waals surface area contributed by atoms with Crippen molar-refractivity contribution < 1.29 is 9.32 Å². The molecule has 194 valence electrons. The molecule has 0 fully saturated rings. The zero-order chi connectivity index (χ0) is 27.5. The lowest BCUT2D eigenvalue weighted by molar-refractivity contribution is 0.100. The lowest BCUT2D eigenvalue weighted by Gasteiger charge is -2.10. The van der Waals surface area contributed by atoms with Crippen molar-refractivity contribution in [3.8, 4) is 17.5 Å². The normalized spacial score (nSPS) is 10.6. The second kappa shape index (κ2) is 10.3. The molecule has 0 spiro atoms. The predicted octanol–water partition coefficient (Wildman–Crippen LogP) is 1.48. The number of benzene rings is 1. The van der Waals surface area contributed by atoms with Gasteiger partial charge in [-0.05, 0) is 18.1 Å². The van der Waals surface area contributed by atoms with E-state index in [-0.39, 0.29) is 33.7 Å². The van der Waals surface area contributed by atoms with E-state index in [0.717, 1.165) is 11.3 Å². The maximum Gasteiger partial charge on any atom is 0.272 e. The molecule has 13 nitrogen and oxygen atoms in total. The Balaban J connectivity index is 0.000000198. The van der Waals surface area contributed by atoms with Crippen LogP contribution in [0.2, 0.25) is 0 Å². The first kappa shape index (κ1) is 24.9. The van der Waals surface area contributed by atoms with Crippen molar-refractivity contribution in [2.24, 2.45) is 12.8 Å². The Labute approximate surface area is 220 Å². The Hall–Kier alpha value is -5.77. The van der Waals surface area contributed by atoms with Gasteiger partial charge in [-0.3, -0.25) is 23.2 Å². The van der Waals surface area contributed by atoms with Gasteiger partial charge in [-0.15, -0.1) is 0 Å². The van der Waals surface area contributed by atoms with Crippen LogP contribution in [0, 0.1) is 11.8 Å². The van der Waals surface area contributed by atoms with Crippen molar-refractivity contribution in [2.75, 3.05) is 5.73 Å². The average molecular weight is 523 g/mol. The van der Waals surface area contributed by atoms with E-state index in [2.05, 4.69) is 37.0 Å². The van der Waals surface area contributed by atoms with E-state index < -0.39 is 5.91 Å². The molecule has 0 bridgehead atoms.